The van der Waals surface area contributed by atoms with E-state index in [0.717, 1.165) is 56.4 Å². The van der Waals surface area contributed by atoms with E-state index in [2.05, 4.69) is 10.6 Å². The molecule has 1 atom stereocenters. The van der Waals surface area contributed by atoms with Gasteiger partial charge in [-0.05, 0) is 68.9 Å². The molecule has 2 N–H and O–H groups in total. The smallest absolute Gasteiger partial charge is 0.245 e. The minimum absolute atomic E-state index is 0.0339. The summed E-state index contributed by atoms with van der Waals surface area (Å²) in [5, 5.41) is 6.74. The second-order valence-electron chi connectivity index (χ2n) is 7.36. The molecule has 2 heterocycles. The van der Waals surface area contributed by atoms with E-state index < -0.39 is 0 Å². The molecule has 2 amide bonds. The molecule has 27 heavy (non-hydrogen) atoms. The number of nitrogens with one attached hydrogen (secondary N) is 2. The van der Waals surface area contributed by atoms with E-state index in [1.807, 2.05) is 36.1 Å². The molecule has 3 rings (SSSR count). The zero-order valence-electron chi connectivity index (χ0n) is 15.9. The van der Waals surface area contributed by atoms with Crippen LogP contribution in [-0.2, 0) is 9.59 Å². The van der Waals surface area contributed by atoms with E-state index in [0.29, 0.717) is 11.7 Å². The zero-order chi connectivity index (χ0) is 19.2. The largest absolute Gasteiger partial charge is 0.351 e. The van der Waals surface area contributed by atoms with Crippen LogP contribution in [0.2, 0.25) is 0 Å². The number of thiocarbonyl (C=S) groups is 1. The summed E-state index contributed by atoms with van der Waals surface area (Å²) in [7, 11) is 0. The predicted molar refractivity (Wildman–Crippen MR) is 111 cm³/mol. The van der Waals surface area contributed by atoms with E-state index in [9.17, 15) is 9.59 Å². The van der Waals surface area contributed by atoms with Crippen LogP contribution in [0.25, 0.3) is 0 Å². The second kappa shape index (κ2) is 9.17. The van der Waals surface area contributed by atoms with Gasteiger partial charge in [-0.15, -0.1) is 0 Å². The van der Waals surface area contributed by atoms with Gasteiger partial charge >= 0.3 is 0 Å². The molecule has 146 valence electrons. The maximum absolute atomic E-state index is 12.9. The molecule has 2 fully saturated rings. The Hall–Kier alpha value is -2.15. The quantitative estimate of drug-likeness (QED) is 0.775. The first-order valence-electron chi connectivity index (χ1n) is 9.74. The van der Waals surface area contributed by atoms with Crippen LogP contribution in [-0.4, -0.2) is 58.9 Å². The second-order valence-corrected chi connectivity index (χ2v) is 7.77. The normalized spacial score (nSPS) is 20.3. The van der Waals surface area contributed by atoms with Gasteiger partial charge in [-0.2, -0.15) is 0 Å². The molecule has 1 aromatic carbocycles. The molecule has 0 aromatic heterocycles. The van der Waals surface area contributed by atoms with Crippen molar-refractivity contribution in [1.82, 2.24) is 15.1 Å². The Morgan fingerprint density at radius 2 is 1.93 bits per heavy atom. The topological polar surface area (TPSA) is 64.7 Å². The van der Waals surface area contributed by atoms with Gasteiger partial charge < -0.3 is 20.4 Å². The molecule has 0 bridgehead atoms. The summed E-state index contributed by atoms with van der Waals surface area (Å²) in [6.07, 6.45) is 4.69. The predicted octanol–water partition coefficient (Wildman–Crippen LogP) is 2.28. The van der Waals surface area contributed by atoms with Crippen molar-refractivity contribution in [3.05, 3.63) is 29.8 Å². The highest BCUT2D eigenvalue weighted by Gasteiger charge is 2.30. The lowest BCUT2D eigenvalue weighted by molar-refractivity contribution is -0.140. The summed E-state index contributed by atoms with van der Waals surface area (Å²) >= 11 is 5.40. The summed E-state index contributed by atoms with van der Waals surface area (Å²) in [5.74, 6) is 0.0235. The fourth-order valence-corrected chi connectivity index (χ4v) is 3.93. The fourth-order valence-electron chi connectivity index (χ4n) is 3.67. The van der Waals surface area contributed by atoms with E-state index in [1.165, 1.54) is 0 Å². The summed E-state index contributed by atoms with van der Waals surface area (Å²) in [6, 6.07) is 7.54. The van der Waals surface area contributed by atoms with Gasteiger partial charge in [0.25, 0.3) is 0 Å². The van der Waals surface area contributed by atoms with Crippen molar-refractivity contribution in [2.45, 2.75) is 45.1 Å². The van der Waals surface area contributed by atoms with Crippen molar-refractivity contribution in [1.29, 1.82) is 0 Å². The van der Waals surface area contributed by atoms with Crippen LogP contribution in [0.1, 0.15) is 37.7 Å². The fraction of sp³-hybridized carbons (Fsp3) is 0.550. The number of carbonyl (C=O) groups excluding carboxylic acids is 2. The Morgan fingerprint density at radius 1 is 1.19 bits per heavy atom. The van der Waals surface area contributed by atoms with Crippen LogP contribution in [0.15, 0.2) is 24.3 Å². The Kier molecular flexibility index (Phi) is 6.66. The summed E-state index contributed by atoms with van der Waals surface area (Å²) in [5.41, 5.74) is 2.04. The first-order chi connectivity index (χ1) is 13.0. The van der Waals surface area contributed by atoms with E-state index in [1.54, 1.807) is 4.90 Å². The first-order valence-corrected chi connectivity index (χ1v) is 10.1. The van der Waals surface area contributed by atoms with Crippen LogP contribution in [0, 0.1) is 6.92 Å². The van der Waals surface area contributed by atoms with Crippen molar-refractivity contribution < 1.29 is 9.59 Å². The number of aryl methyl sites for hydroxylation is 1. The Balaban J connectivity index is 1.57. The highest BCUT2D eigenvalue weighted by molar-refractivity contribution is 7.80. The molecule has 0 aliphatic carbocycles. The molecular weight excluding hydrogens is 360 g/mol. The zero-order valence-corrected chi connectivity index (χ0v) is 16.7. The molecule has 2 aliphatic rings. The van der Waals surface area contributed by atoms with E-state index >= 15 is 0 Å². The van der Waals surface area contributed by atoms with Gasteiger partial charge in [-0.1, -0.05) is 12.1 Å². The Labute approximate surface area is 166 Å². The number of hydrogen-bond acceptors (Lipinski definition) is 3. The maximum atomic E-state index is 12.9. The van der Waals surface area contributed by atoms with Gasteiger partial charge in [0.15, 0.2) is 5.11 Å². The lowest BCUT2D eigenvalue weighted by atomic mass is 10.1. The minimum Gasteiger partial charge on any atom is -0.351 e. The lowest BCUT2D eigenvalue weighted by Crippen LogP contribution is -2.51. The number of likely N-dealkylation sites (tertiary alicyclic amines) is 2. The molecular formula is C20H28N4O2S. The van der Waals surface area contributed by atoms with Crippen molar-refractivity contribution >= 4 is 34.8 Å². The van der Waals surface area contributed by atoms with Crippen molar-refractivity contribution in [3.63, 3.8) is 0 Å². The number of benzene rings is 1. The third kappa shape index (κ3) is 5.42. The van der Waals surface area contributed by atoms with Crippen molar-refractivity contribution in [2.24, 2.45) is 0 Å². The molecule has 7 heteroatoms. The molecule has 0 saturated carbocycles. The molecule has 0 unspecified atom stereocenters. The number of carbonyl (C=O) groups is 2. The van der Waals surface area contributed by atoms with Gasteiger partial charge in [0.2, 0.25) is 11.8 Å². The summed E-state index contributed by atoms with van der Waals surface area (Å²) in [4.78, 5) is 29.0. The van der Waals surface area contributed by atoms with Crippen molar-refractivity contribution in [2.75, 3.05) is 31.5 Å². The SMILES string of the molecule is Cc1cccc(NC(=S)N[C@H]2CCCCN(CC(=O)N3CCCC3)C2=O)c1. The van der Waals surface area contributed by atoms with Gasteiger partial charge in [0, 0.05) is 25.3 Å². The molecule has 2 aliphatic heterocycles. The number of hydrogen-bond donors (Lipinski definition) is 2. The maximum Gasteiger partial charge on any atom is 0.245 e. The number of anilines is 1. The van der Waals surface area contributed by atoms with Crippen LogP contribution in [0.3, 0.4) is 0 Å². The van der Waals surface area contributed by atoms with Crippen LogP contribution in [0.4, 0.5) is 5.69 Å². The van der Waals surface area contributed by atoms with Crippen LogP contribution < -0.4 is 10.6 Å². The lowest BCUT2D eigenvalue weighted by Gasteiger charge is -2.27. The Bertz CT molecular complexity index is 703. The summed E-state index contributed by atoms with van der Waals surface area (Å²) < 4.78 is 0. The standard InChI is InChI=1S/C20H28N4O2S/c1-15-7-6-8-16(13-15)21-20(27)22-17-9-2-3-12-24(19(17)26)14-18(25)23-10-4-5-11-23/h6-8,13,17H,2-5,9-12,14H2,1H3,(H2,21,22,27)/t17-/m0/s1. The van der Waals surface area contributed by atoms with Gasteiger partial charge in [-0.25, -0.2) is 0 Å². The van der Waals surface area contributed by atoms with E-state index in [4.69, 9.17) is 12.2 Å². The van der Waals surface area contributed by atoms with E-state index in [-0.39, 0.29) is 24.4 Å². The van der Waals surface area contributed by atoms with Gasteiger partial charge in [-0.3, -0.25) is 9.59 Å². The average Bonchev–Trinajstić information content (AvgIpc) is 3.12. The number of nitrogens with zero attached hydrogens (tertiary/aromatic N) is 2. The van der Waals surface area contributed by atoms with Gasteiger partial charge in [0.1, 0.15) is 6.04 Å². The minimum atomic E-state index is -0.385. The Morgan fingerprint density at radius 3 is 2.67 bits per heavy atom. The monoisotopic (exact) mass is 388 g/mol. The van der Waals surface area contributed by atoms with Crippen molar-refractivity contribution in [3.8, 4) is 0 Å². The molecule has 6 nitrogen and oxygen atoms in total. The van der Waals surface area contributed by atoms with Crippen LogP contribution >= 0.6 is 12.2 Å². The number of amides is 2. The van der Waals surface area contributed by atoms with Crippen LogP contribution in [0.5, 0.6) is 0 Å². The summed E-state index contributed by atoms with van der Waals surface area (Å²) in [6.45, 7) is 4.45. The third-order valence-corrected chi connectivity index (χ3v) is 5.37. The highest BCUT2D eigenvalue weighted by atomic mass is 32.1. The molecule has 2 saturated heterocycles. The number of rotatable bonds is 4. The third-order valence-electron chi connectivity index (χ3n) is 5.15. The first kappa shape index (κ1) is 19.6. The van der Waals surface area contributed by atoms with Gasteiger partial charge in [0.05, 0.1) is 6.54 Å². The molecule has 1 aromatic rings. The highest BCUT2D eigenvalue weighted by Crippen LogP contribution is 2.15. The molecule has 0 radical (unpaired) electrons. The molecule has 0 spiro atoms. The average molecular weight is 389 g/mol.